The Morgan fingerprint density at radius 1 is 0.875 bits per heavy atom. The first-order chi connectivity index (χ1) is 7.68. The van der Waals surface area contributed by atoms with Crippen LogP contribution in [-0.2, 0) is 4.74 Å². The molecule has 2 rings (SSSR count). The van der Waals surface area contributed by atoms with Gasteiger partial charge in [0.15, 0.2) is 11.4 Å². The molecular formula is C13H21NO2. The Balaban J connectivity index is 2.02. The van der Waals surface area contributed by atoms with E-state index < -0.39 is 11.4 Å². The summed E-state index contributed by atoms with van der Waals surface area (Å²) in [5.74, 6) is -1.02. The molecule has 90 valence electrons. The first kappa shape index (κ1) is 11.9. The molecule has 0 radical (unpaired) electrons. The Morgan fingerprint density at radius 3 is 1.88 bits per heavy atom. The van der Waals surface area contributed by atoms with Gasteiger partial charge in [0.25, 0.3) is 0 Å². The molecule has 16 heavy (non-hydrogen) atoms. The smallest absolute Gasteiger partial charge is 0.167 e. The van der Waals surface area contributed by atoms with Gasteiger partial charge in [-0.25, -0.2) is 0 Å². The minimum absolute atomic E-state index is 0.691. The van der Waals surface area contributed by atoms with Gasteiger partial charge in [-0.2, -0.15) is 5.26 Å². The quantitative estimate of drug-likeness (QED) is 0.732. The maximum Gasteiger partial charge on any atom is 0.167 e. The molecular weight excluding hydrogens is 202 g/mol. The molecule has 0 aromatic rings. The zero-order chi connectivity index (χ0) is 11.5. The van der Waals surface area contributed by atoms with E-state index in [4.69, 9.17) is 4.74 Å². The lowest BCUT2D eigenvalue weighted by Crippen LogP contribution is -2.46. The van der Waals surface area contributed by atoms with Crippen LogP contribution in [0.4, 0.5) is 0 Å². The number of nitriles is 1. The number of hydrogen-bond donors (Lipinski definition) is 1. The first-order valence-electron chi connectivity index (χ1n) is 6.52. The number of hydrogen-bond acceptors (Lipinski definition) is 3. The molecule has 0 aromatic heterocycles. The van der Waals surface area contributed by atoms with Gasteiger partial charge in [-0.15, -0.1) is 0 Å². The molecule has 0 heterocycles. The maximum absolute atomic E-state index is 10.3. The van der Waals surface area contributed by atoms with Crippen molar-refractivity contribution in [2.24, 2.45) is 0 Å². The van der Waals surface area contributed by atoms with Crippen molar-refractivity contribution in [3.05, 3.63) is 0 Å². The highest BCUT2D eigenvalue weighted by molar-refractivity contribution is 5.04. The Bertz CT molecular complexity index is 270. The molecule has 3 nitrogen and oxygen atoms in total. The summed E-state index contributed by atoms with van der Waals surface area (Å²) in [6, 6.07) is 2.31. The molecule has 2 aliphatic rings. The van der Waals surface area contributed by atoms with E-state index in [1.165, 1.54) is 12.8 Å². The van der Waals surface area contributed by atoms with E-state index >= 15 is 0 Å². The Morgan fingerprint density at radius 2 is 1.38 bits per heavy atom. The summed E-state index contributed by atoms with van der Waals surface area (Å²) in [7, 11) is 0. The van der Waals surface area contributed by atoms with Gasteiger partial charge in [0.05, 0.1) is 6.07 Å². The number of ether oxygens (including phenoxy) is 1. The fourth-order valence-electron chi connectivity index (χ4n) is 2.93. The van der Waals surface area contributed by atoms with Crippen molar-refractivity contribution in [1.29, 1.82) is 5.26 Å². The molecule has 0 aromatic carbocycles. The standard InChI is InChI=1S/C13H21NO2/c14-11-12(7-3-1-4-8-12)16-13(15)9-5-2-6-10-13/h15H,1-10H2. The molecule has 1 N–H and O–H groups in total. The zero-order valence-corrected chi connectivity index (χ0v) is 9.87. The van der Waals surface area contributed by atoms with Gasteiger partial charge in [0, 0.05) is 12.8 Å². The van der Waals surface area contributed by atoms with Gasteiger partial charge in [-0.05, 0) is 38.5 Å². The minimum atomic E-state index is -1.02. The fraction of sp³-hybridized carbons (Fsp3) is 0.923. The van der Waals surface area contributed by atoms with Crippen molar-refractivity contribution in [2.45, 2.75) is 75.6 Å². The SMILES string of the molecule is N#CC1(OC2(O)CCCCC2)CCCCC1. The van der Waals surface area contributed by atoms with Crippen LogP contribution in [0.5, 0.6) is 0 Å². The molecule has 3 heteroatoms. The highest BCUT2D eigenvalue weighted by atomic mass is 16.6. The highest BCUT2D eigenvalue weighted by Gasteiger charge is 2.42. The highest BCUT2D eigenvalue weighted by Crippen LogP contribution is 2.39. The molecule has 0 bridgehead atoms. The van der Waals surface area contributed by atoms with E-state index in [-0.39, 0.29) is 0 Å². The van der Waals surface area contributed by atoms with E-state index in [0.717, 1.165) is 38.5 Å². The van der Waals surface area contributed by atoms with Gasteiger partial charge < -0.3 is 9.84 Å². The lowest BCUT2D eigenvalue weighted by Gasteiger charge is -2.41. The molecule has 2 aliphatic carbocycles. The van der Waals surface area contributed by atoms with Crippen molar-refractivity contribution >= 4 is 0 Å². The van der Waals surface area contributed by atoms with Crippen LogP contribution in [0.25, 0.3) is 0 Å². The molecule has 0 spiro atoms. The van der Waals surface area contributed by atoms with Crippen molar-refractivity contribution in [2.75, 3.05) is 0 Å². The normalized spacial score (nSPS) is 28.2. The number of rotatable bonds is 2. The van der Waals surface area contributed by atoms with Crippen LogP contribution in [0.3, 0.4) is 0 Å². The largest absolute Gasteiger partial charge is 0.365 e. The summed E-state index contributed by atoms with van der Waals surface area (Å²) in [4.78, 5) is 0. The average Bonchev–Trinajstić information content (AvgIpc) is 2.30. The number of nitrogens with zero attached hydrogens (tertiary/aromatic N) is 1. The van der Waals surface area contributed by atoms with E-state index in [9.17, 15) is 10.4 Å². The summed E-state index contributed by atoms with van der Waals surface area (Å²) in [5, 5.41) is 19.6. The van der Waals surface area contributed by atoms with E-state index in [2.05, 4.69) is 6.07 Å². The zero-order valence-electron chi connectivity index (χ0n) is 9.87. The summed E-state index contributed by atoms with van der Waals surface area (Å²) >= 11 is 0. The molecule has 2 fully saturated rings. The van der Waals surface area contributed by atoms with Crippen LogP contribution < -0.4 is 0 Å². The second-order valence-electron chi connectivity index (χ2n) is 5.28. The fourth-order valence-corrected chi connectivity index (χ4v) is 2.93. The third-order valence-electron chi connectivity index (χ3n) is 3.89. The molecule has 0 saturated heterocycles. The lowest BCUT2D eigenvalue weighted by molar-refractivity contribution is -0.270. The lowest BCUT2D eigenvalue weighted by atomic mass is 9.84. The van der Waals surface area contributed by atoms with Crippen LogP contribution in [0.1, 0.15) is 64.2 Å². The summed E-state index contributed by atoms with van der Waals surface area (Å²) in [6.45, 7) is 0. The monoisotopic (exact) mass is 223 g/mol. The van der Waals surface area contributed by atoms with E-state index in [1.807, 2.05) is 0 Å². The molecule has 0 atom stereocenters. The third kappa shape index (κ3) is 2.56. The molecule has 0 unspecified atom stereocenters. The van der Waals surface area contributed by atoms with Gasteiger partial charge in [0.2, 0.25) is 0 Å². The van der Waals surface area contributed by atoms with Crippen LogP contribution in [0, 0.1) is 11.3 Å². The van der Waals surface area contributed by atoms with Crippen LogP contribution in [0.2, 0.25) is 0 Å². The first-order valence-corrected chi connectivity index (χ1v) is 6.52. The predicted molar refractivity (Wildman–Crippen MR) is 60.5 cm³/mol. The van der Waals surface area contributed by atoms with Crippen LogP contribution >= 0.6 is 0 Å². The second kappa shape index (κ2) is 4.73. The third-order valence-corrected chi connectivity index (χ3v) is 3.89. The van der Waals surface area contributed by atoms with Crippen molar-refractivity contribution < 1.29 is 9.84 Å². The molecule has 0 amide bonds. The Hall–Kier alpha value is -0.590. The van der Waals surface area contributed by atoms with Gasteiger partial charge in [-0.1, -0.05) is 12.8 Å². The predicted octanol–water partition coefficient (Wildman–Crippen LogP) is 2.88. The average molecular weight is 223 g/mol. The summed E-state index contributed by atoms with van der Waals surface area (Å²) in [5.41, 5.74) is -0.704. The topological polar surface area (TPSA) is 53.2 Å². The van der Waals surface area contributed by atoms with Crippen LogP contribution in [0.15, 0.2) is 0 Å². The van der Waals surface area contributed by atoms with Gasteiger partial charge >= 0.3 is 0 Å². The second-order valence-corrected chi connectivity index (χ2v) is 5.28. The van der Waals surface area contributed by atoms with Crippen molar-refractivity contribution in [3.63, 3.8) is 0 Å². The summed E-state index contributed by atoms with van der Waals surface area (Å²) < 4.78 is 5.85. The molecule has 0 aliphatic heterocycles. The minimum Gasteiger partial charge on any atom is -0.365 e. The summed E-state index contributed by atoms with van der Waals surface area (Å²) in [6.07, 6.45) is 9.42. The van der Waals surface area contributed by atoms with Crippen molar-refractivity contribution in [3.8, 4) is 6.07 Å². The van der Waals surface area contributed by atoms with Crippen molar-refractivity contribution in [1.82, 2.24) is 0 Å². The van der Waals surface area contributed by atoms with Gasteiger partial charge in [0.1, 0.15) is 0 Å². The Labute approximate surface area is 97.4 Å². The van der Waals surface area contributed by atoms with E-state index in [1.54, 1.807) is 0 Å². The number of aliphatic hydroxyl groups is 1. The van der Waals surface area contributed by atoms with E-state index in [0.29, 0.717) is 12.8 Å². The van der Waals surface area contributed by atoms with Gasteiger partial charge in [-0.3, -0.25) is 0 Å². The maximum atomic E-state index is 10.3. The van der Waals surface area contributed by atoms with Crippen LogP contribution in [-0.4, -0.2) is 16.5 Å². The Kier molecular flexibility index (Phi) is 3.51. The molecule has 2 saturated carbocycles.